The van der Waals surface area contributed by atoms with Gasteiger partial charge in [0.15, 0.2) is 0 Å². The molecule has 1 saturated heterocycles. The number of amides is 2. The first-order valence-corrected chi connectivity index (χ1v) is 10.6. The fraction of sp³-hybridized carbons (Fsp3) is 0.476. The Balaban J connectivity index is 1.32. The smallest absolute Gasteiger partial charge is 0.253 e. The van der Waals surface area contributed by atoms with Gasteiger partial charge < -0.3 is 10.2 Å². The third-order valence-corrected chi connectivity index (χ3v) is 6.33. The van der Waals surface area contributed by atoms with Crippen molar-refractivity contribution in [2.24, 2.45) is 5.92 Å². The maximum absolute atomic E-state index is 12.7. The summed E-state index contributed by atoms with van der Waals surface area (Å²) in [6, 6.07) is 9.50. The number of likely N-dealkylation sites (tertiary alicyclic amines) is 1. The molecular formula is C21H25N3O2S. The van der Waals surface area contributed by atoms with Gasteiger partial charge in [-0.05, 0) is 37.8 Å². The standard InChI is InChI=1S/C21H25N3O2S/c25-19(15-8-9-15)22-11-10-18-14-27-20(23-18)17-7-4-12-24(13-17)21(26)16-5-2-1-3-6-16/h1-3,5-6,14-15,17H,4,7-13H2,(H,22,25). The molecule has 1 unspecified atom stereocenters. The Morgan fingerprint density at radius 3 is 2.78 bits per heavy atom. The van der Waals surface area contributed by atoms with Gasteiger partial charge in [0.05, 0.1) is 10.7 Å². The highest BCUT2D eigenvalue weighted by Gasteiger charge is 2.29. The van der Waals surface area contributed by atoms with E-state index in [9.17, 15) is 9.59 Å². The van der Waals surface area contributed by atoms with Crippen molar-refractivity contribution in [2.75, 3.05) is 19.6 Å². The molecule has 4 rings (SSSR count). The highest BCUT2D eigenvalue weighted by atomic mass is 32.1. The van der Waals surface area contributed by atoms with E-state index in [-0.39, 0.29) is 17.7 Å². The quantitative estimate of drug-likeness (QED) is 0.833. The van der Waals surface area contributed by atoms with E-state index in [0.717, 1.165) is 61.5 Å². The van der Waals surface area contributed by atoms with Crippen LogP contribution in [0.5, 0.6) is 0 Å². The summed E-state index contributed by atoms with van der Waals surface area (Å²) in [5.41, 5.74) is 1.79. The van der Waals surface area contributed by atoms with Crippen LogP contribution in [0.15, 0.2) is 35.7 Å². The van der Waals surface area contributed by atoms with Crippen LogP contribution in [0.2, 0.25) is 0 Å². The lowest BCUT2D eigenvalue weighted by Gasteiger charge is -2.32. The first-order valence-electron chi connectivity index (χ1n) is 9.77. The van der Waals surface area contributed by atoms with E-state index in [1.165, 1.54) is 0 Å². The Kier molecular flexibility index (Phi) is 5.53. The van der Waals surface area contributed by atoms with Gasteiger partial charge in [-0.3, -0.25) is 9.59 Å². The van der Waals surface area contributed by atoms with Gasteiger partial charge in [-0.1, -0.05) is 18.2 Å². The molecular weight excluding hydrogens is 358 g/mol. The molecule has 1 aromatic carbocycles. The zero-order valence-corrected chi connectivity index (χ0v) is 16.2. The van der Waals surface area contributed by atoms with Crippen LogP contribution in [0.4, 0.5) is 0 Å². The number of hydrogen-bond donors (Lipinski definition) is 1. The number of thiazole rings is 1. The number of carbonyl (C=O) groups excluding carboxylic acids is 2. The van der Waals surface area contributed by atoms with E-state index < -0.39 is 0 Å². The third-order valence-electron chi connectivity index (χ3n) is 5.28. The lowest BCUT2D eigenvalue weighted by molar-refractivity contribution is -0.122. The predicted octanol–water partition coefficient (Wildman–Crippen LogP) is 3.23. The van der Waals surface area contributed by atoms with Gasteiger partial charge in [0.2, 0.25) is 5.91 Å². The fourth-order valence-corrected chi connectivity index (χ4v) is 4.54. The predicted molar refractivity (Wildman–Crippen MR) is 106 cm³/mol. The van der Waals surface area contributed by atoms with Gasteiger partial charge in [-0.15, -0.1) is 11.3 Å². The summed E-state index contributed by atoms with van der Waals surface area (Å²) < 4.78 is 0. The van der Waals surface area contributed by atoms with Gasteiger partial charge in [0.25, 0.3) is 5.91 Å². The van der Waals surface area contributed by atoms with E-state index >= 15 is 0 Å². The summed E-state index contributed by atoms with van der Waals surface area (Å²) in [5, 5.41) is 6.20. The normalized spacial score (nSPS) is 19.7. The first kappa shape index (κ1) is 18.2. The average Bonchev–Trinajstić information content (AvgIpc) is 3.47. The van der Waals surface area contributed by atoms with Crippen molar-refractivity contribution in [1.29, 1.82) is 0 Å². The molecule has 2 fully saturated rings. The third kappa shape index (κ3) is 4.56. The monoisotopic (exact) mass is 383 g/mol. The number of hydrogen-bond acceptors (Lipinski definition) is 4. The first-order chi connectivity index (χ1) is 13.2. The van der Waals surface area contributed by atoms with Gasteiger partial charge in [0, 0.05) is 48.8 Å². The van der Waals surface area contributed by atoms with E-state index in [1.807, 2.05) is 35.2 Å². The van der Waals surface area contributed by atoms with Crippen LogP contribution in [-0.4, -0.2) is 41.3 Å². The van der Waals surface area contributed by atoms with Crippen molar-refractivity contribution >= 4 is 23.2 Å². The topological polar surface area (TPSA) is 62.3 Å². The molecule has 2 aromatic rings. The summed E-state index contributed by atoms with van der Waals surface area (Å²) in [6.45, 7) is 2.20. The second-order valence-corrected chi connectivity index (χ2v) is 8.34. The van der Waals surface area contributed by atoms with E-state index in [1.54, 1.807) is 11.3 Å². The van der Waals surface area contributed by atoms with Gasteiger partial charge in [-0.25, -0.2) is 4.98 Å². The SMILES string of the molecule is O=C(NCCc1csc(C2CCCN(C(=O)c3ccccc3)C2)n1)C1CC1. The van der Waals surface area contributed by atoms with Crippen LogP contribution in [0.1, 0.15) is 52.7 Å². The second-order valence-electron chi connectivity index (χ2n) is 7.45. The van der Waals surface area contributed by atoms with E-state index in [4.69, 9.17) is 4.98 Å². The molecule has 0 spiro atoms. The number of rotatable bonds is 6. The molecule has 2 heterocycles. The zero-order valence-electron chi connectivity index (χ0n) is 15.4. The van der Waals surface area contributed by atoms with Crippen LogP contribution in [-0.2, 0) is 11.2 Å². The summed E-state index contributed by atoms with van der Waals surface area (Å²) in [4.78, 5) is 31.2. The lowest BCUT2D eigenvalue weighted by Crippen LogP contribution is -2.39. The number of carbonyl (C=O) groups is 2. The minimum atomic E-state index is 0.111. The van der Waals surface area contributed by atoms with E-state index in [2.05, 4.69) is 10.7 Å². The number of piperidine rings is 1. The highest BCUT2D eigenvalue weighted by Crippen LogP contribution is 2.30. The number of nitrogens with zero attached hydrogens (tertiary/aromatic N) is 2. The van der Waals surface area contributed by atoms with Crippen molar-refractivity contribution < 1.29 is 9.59 Å². The molecule has 2 aliphatic rings. The fourth-order valence-electron chi connectivity index (χ4n) is 3.56. The number of benzene rings is 1. The van der Waals surface area contributed by atoms with Crippen molar-refractivity contribution in [3.63, 3.8) is 0 Å². The molecule has 1 aromatic heterocycles. The molecule has 0 bridgehead atoms. The molecule has 1 atom stereocenters. The van der Waals surface area contributed by atoms with Crippen molar-refractivity contribution in [2.45, 2.75) is 38.0 Å². The summed E-state index contributed by atoms with van der Waals surface area (Å²) in [7, 11) is 0. The summed E-state index contributed by atoms with van der Waals surface area (Å²) in [6.07, 6.45) is 4.92. The molecule has 0 radical (unpaired) electrons. The van der Waals surface area contributed by atoms with Gasteiger partial charge in [-0.2, -0.15) is 0 Å². The Hall–Kier alpha value is -2.21. The molecule has 1 N–H and O–H groups in total. The molecule has 5 nitrogen and oxygen atoms in total. The second kappa shape index (κ2) is 8.21. The van der Waals surface area contributed by atoms with Crippen molar-refractivity contribution in [3.8, 4) is 0 Å². The minimum Gasteiger partial charge on any atom is -0.355 e. The molecule has 1 aliphatic heterocycles. The minimum absolute atomic E-state index is 0.111. The van der Waals surface area contributed by atoms with Crippen LogP contribution in [0.3, 0.4) is 0 Å². The van der Waals surface area contributed by atoms with Crippen LogP contribution < -0.4 is 5.32 Å². The zero-order chi connectivity index (χ0) is 18.6. The largest absolute Gasteiger partial charge is 0.355 e. The lowest BCUT2D eigenvalue weighted by atomic mass is 9.98. The maximum Gasteiger partial charge on any atom is 0.253 e. The van der Waals surface area contributed by atoms with Crippen molar-refractivity contribution in [3.05, 3.63) is 52.0 Å². The Morgan fingerprint density at radius 1 is 1.19 bits per heavy atom. The molecule has 1 saturated carbocycles. The molecule has 2 amide bonds. The van der Waals surface area contributed by atoms with Crippen LogP contribution in [0.25, 0.3) is 0 Å². The van der Waals surface area contributed by atoms with Gasteiger partial charge in [0.1, 0.15) is 0 Å². The van der Waals surface area contributed by atoms with Gasteiger partial charge >= 0.3 is 0 Å². The Morgan fingerprint density at radius 2 is 2.00 bits per heavy atom. The number of nitrogens with one attached hydrogen (secondary N) is 1. The highest BCUT2D eigenvalue weighted by molar-refractivity contribution is 7.09. The summed E-state index contributed by atoms with van der Waals surface area (Å²) in [5.74, 6) is 0.866. The maximum atomic E-state index is 12.7. The van der Waals surface area contributed by atoms with Crippen LogP contribution >= 0.6 is 11.3 Å². The Labute approximate surface area is 163 Å². The van der Waals surface area contributed by atoms with E-state index in [0.29, 0.717) is 12.5 Å². The molecule has 142 valence electrons. The van der Waals surface area contributed by atoms with Crippen molar-refractivity contribution in [1.82, 2.24) is 15.2 Å². The van der Waals surface area contributed by atoms with Crippen LogP contribution in [0, 0.1) is 5.92 Å². The molecule has 27 heavy (non-hydrogen) atoms. The Bertz CT molecular complexity index is 801. The number of aromatic nitrogens is 1. The molecule has 6 heteroatoms. The summed E-state index contributed by atoms with van der Waals surface area (Å²) >= 11 is 1.68. The average molecular weight is 384 g/mol. The molecule has 1 aliphatic carbocycles.